The number of nitrogens with zero attached hydrogens (tertiary/aromatic N) is 2. The van der Waals surface area contributed by atoms with E-state index in [1.807, 2.05) is 12.5 Å². The van der Waals surface area contributed by atoms with E-state index in [-0.39, 0.29) is 11.8 Å². The Labute approximate surface area is 108 Å². The van der Waals surface area contributed by atoms with Gasteiger partial charge in [0.2, 0.25) is 5.91 Å². The SMILES string of the molecule is CCn1cncc1CNC1CCC(C(N)=O)CC1. The Kier molecular flexibility index (Phi) is 4.36. The first-order valence-corrected chi connectivity index (χ1v) is 6.72. The van der Waals surface area contributed by atoms with E-state index >= 15 is 0 Å². The molecule has 1 amide bonds. The smallest absolute Gasteiger partial charge is 0.220 e. The summed E-state index contributed by atoms with van der Waals surface area (Å²) in [7, 11) is 0. The predicted octanol–water partition coefficient (Wildman–Crippen LogP) is 1.04. The first kappa shape index (κ1) is 13.1. The first-order valence-electron chi connectivity index (χ1n) is 6.72. The minimum absolute atomic E-state index is 0.0872. The van der Waals surface area contributed by atoms with Gasteiger partial charge in [0.1, 0.15) is 0 Å². The fourth-order valence-corrected chi connectivity index (χ4v) is 2.61. The average molecular weight is 250 g/mol. The summed E-state index contributed by atoms with van der Waals surface area (Å²) in [5, 5.41) is 3.55. The molecule has 1 heterocycles. The van der Waals surface area contributed by atoms with Gasteiger partial charge in [-0.1, -0.05) is 0 Å². The number of carbonyl (C=O) groups is 1. The van der Waals surface area contributed by atoms with Crippen molar-refractivity contribution in [1.82, 2.24) is 14.9 Å². The number of imidazole rings is 1. The van der Waals surface area contributed by atoms with Crippen LogP contribution in [0.3, 0.4) is 0 Å². The monoisotopic (exact) mass is 250 g/mol. The quantitative estimate of drug-likeness (QED) is 0.820. The summed E-state index contributed by atoms with van der Waals surface area (Å²) >= 11 is 0. The number of nitrogens with two attached hydrogens (primary N) is 1. The van der Waals surface area contributed by atoms with Crippen LogP contribution in [0.2, 0.25) is 0 Å². The number of rotatable bonds is 5. The van der Waals surface area contributed by atoms with Gasteiger partial charge in [-0.3, -0.25) is 4.79 Å². The van der Waals surface area contributed by atoms with Crippen molar-refractivity contribution in [3.8, 4) is 0 Å². The number of primary amides is 1. The Balaban J connectivity index is 1.77. The van der Waals surface area contributed by atoms with Crippen LogP contribution in [0, 0.1) is 5.92 Å². The van der Waals surface area contributed by atoms with E-state index in [4.69, 9.17) is 5.73 Å². The maximum absolute atomic E-state index is 11.1. The molecule has 0 atom stereocenters. The molecule has 2 rings (SSSR count). The second-order valence-electron chi connectivity index (χ2n) is 5.00. The van der Waals surface area contributed by atoms with Crippen molar-refractivity contribution in [3.63, 3.8) is 0 Å². The lowest BCUT2D eigenvalue weighted by atomic mass is 9.85. The van der Waals surface area contributed by atoms with E-state index in [2.05, 4.69) is 21.8 Å². The van der Waals surface area contributed by atoms with Crippen LogP contribution in [0.25, 0.3) is 0 Å². The summed E-state index contributed by atoms with van der Waals surface area (Å²) in [6.45, 7) is 3.91. The van der Waals surface area contributed by atoms with Crippen molar-refractivity contribution in [1.29, 1.82) is 0 Å². The Morgan fingerprint density at radius 1 is 1.50 bits per heavy atom. The summed E-state index contributed by atoms with van der Waals surface area (Å²) in [5.74, 6) is -0.0540. The number of hydrogen-bond donors (Lipinski definition) is 2. The van der Waals surface area contributed by atoms with Crippen molar-refractivity contribution >= 4 is 5.91 Å². The fourth-order valence-electron chi connectivity index (χ4n) is 2.61. The summed E-state index contributed by atoms with van der Waals surface area (Å²) in [6.07, 6.45) is 7.67. The summed E-state index contributed by atoms with van der Waals surface area (Å²) in [5.41, 5.74) is 6.55. The van der Waals surface area contributed by atoms with Crippen LogP contribution < -0.4 is 11.1 Å². The normalized spacial score (nSPS) is 24.1. The third kappa shape index (κ3) is 3.10. The Hall–Kier alpha value is -1.36. The molecule has 3 N–H and O–H groups in total. The van der Waals surface area contributed by atoms with Crippen LogP contribution in [0.4, 0.5) is 0 Å². The maximum Gasteiger partial charge on any atom is 0.220 e. The summed E-state index contributed by atoms with van der Waals surface area (Å²) in [4.78, 5) is 15.2. The molecule has 0 unspecified atom stereocenters. The number of hydrogen-bond acceptors (Lipinski definition) is 3. The third-order valence-corrected chi connectivity index (χ3v) is 3.84. The molecule has 0 radical (unpaired) electrons. The Bertz CT molecular complexity index is 393. The fraction of sp³-hybridized carbons (Fsp3) is 0.692. The van der Waals surface area contributed by atoms with Gasteiger partial charge in [-0.05, 0) is 32.6 Å². The minimum Gasteiger partial charge on any atom is -0.369 e. The van der Waals surface area contributed by atoms with E-state index in [9.17, 15) is 4.79 Å². The van der Waals surface area contributed by atoms with Crippen molar-refractivity contribution in [2.24, 2.45) is 11.7 Å². The van der Waals surface area contributed by atoms with Crippen molar-refractivity contribution in [2.45, 2.75) is 51.7 Å². The van der Waals surface area contributed by atoms with Crippen LogP contribution in [0.5, 0.6) is 0 Å². The van der Waals surface area contributed by atoms with Gasteiger partial charge in [0.25, 0.3) is 0 Å². The van der Waals surface area contributed by atoms with Gasteiger partial charge < -0.3 is 15.6 Å². The zero-order valence-electron chi connectivity index (χ0n) is 10.9. The zero-order valence-corrected chi connectivity index (χ0v) is 10.9. The highest BCUT2D eigenvalue weighted by molar-refractivity contribution is 5.76. The van der Waals surface area contributed by atoms with Gasteiger partial charge in [-0.2, -0.15) is 0 Å². The molecule has 5 nitrogen and oxygen atoms in total. The lowest BCUT2D eigenvalue weighted by Gasteiger charge is -2.27. The van der Waals surface area contributed by atoms with Gasteiger partial charge in [-0.25, -0.2) is 4.98 Å². The number of aryl methyl sites for hydroxylation is 1. The number of amides is 1. The van der Waals surface area contributed by atoms with E-state index in [1.165, 1.54) is 5.69 Å². The Morgan fingerprint density at radius 2 is 2.22 bits per heavy atom. The maximum atomic E-state index is 11.1. The molecule has 1 aliphatic rings. The van der Waals surface area contributed by atoms with Crippen LogP contribution in [0.1, 0.15) is 38.3 Å². The highest BCUT2D eigenvalue weighted by Gasteiger charge is 2.24. The number of nitrogens with one attached hydrogen (secondary N) is 1. The molecule has 100 valence electrons. The molecular weight excluding hydrogens is 228 g/mol. The van der Waals surface area contributed by atoms with Gasteiger partial charge >= 0.3 is 0 Å². The molecule has 1 saturated carbocycles. The highest BCUT2D eigenvalue weighted by atomic mass is 16.1. The molecule has 18 heavy (non-hydrogen) atoms. The number of carbonyl (C=O) groups excluding carboxylic acids is 1. The third-order valence-electron chi connectivity index (χ3n) is 3.84. The second-order valence-corrected chi connectivity index (χ2v) is 5.00. The molecule has 0 spiro atoms. The van der Waals surface area contributed by atoms with Gasteiger partial charge in [0.05, 0.1) is 12.0 Å². The van der Waals surface area contributed by atoms with E-state index in [0.717, 1.165) is 38.8 Å². The summed E-state index contributed by atoms with van der Waals surface area (Å²) < 4.78 is 2.14. The van der Waals surface area contributed by atoms with Gasteiger partial charge in [-0.15, -0.1) is 0 Å². The van der Waals surface area contributed by atoms with Gasteiger partial charge in [0, 0.05) is 31.2 Å². The van der Waals surface area contributed by atoms with Crippen LogP contribution in [-0.4, -0.2) is 21.5 Å². The van der Waals surface area contributed by atoms with Crippen molar-refractivity contribution in [2.75, 3.05) is 0 Å². The van der Waals surface area contributed by atoms with Crippen LogP contribution in [-0.2, 0) is 17.9 Å². The molecule has 1 aromatic rings. The predicted molar refractivity (Wildman–Crippen MR) is 69.7 cm³/mol. The minimum atomic E-state index is -0.141. The molecule has 1 fully saturated rings. The zero-order chi connectivity index (χ0) is 13.0. The molecular formula is C13H22N4O. The molecule has 0 aliphatic heterocycles. The van der Waals surface area contributed by atoms with Crippen molar-refractivity contribution in [3.05, 3.63) is 18.2 Å². The Morgan fingerprint density at radius 3 is 2.83 bits per heavy atom. The topological polar surface area (TPSA) is 72.9 Å². The molecule has 5 heteroatoms. The lowest BCUT2D eigenvalue weighted by molar-refractivity contribution is -0.122. The summed E-state index contributed by atoms with van der Waals surface area (Å²) in [6, 6.07) is 0.501. The van der Waals surface area contributed by atoms with E-state index in [0.29, 0.717) is 6.04 Å². The number of aromatic nitrogens is 2. The molecule has 0 aromatic carbocycles. The molecule has 1 aromatic heterocycles. The van der Waals surface area contributed by atoms with Gasteiger partial charge in [0.15, 0.2) is 0 Å². The highest BCUT2D eigenvalue weighted by Crippen LogP contribution is 2.24. The average Bonchev–Trinajstić information content (AvgIpc) is 2.84. The van der Waals surface area contributed by atoms with Crippen molar-refractivity contribution < 1.29 is 4.79 Å². The second kappa shape index (κ2) is 6.00. The van der Waals surface area contributed by atoms with Crippen LogP contribution in [0.15, 0.2) is 12.5 Å². The van der Waals surface area contributed by atoms with Crippen LogP contribution >= 0.6 is 0 Å². The molecule has 1 aliphatic carbocycles. The molecule has 0 saturated heterocycles. The first-order chi connectivity index (χ1) is 8.70. The standard InChI is InChI=1S/C13H22N4O/c1-2-17-9-15-7-12(17)8-16-11-5-3-10(4-6-11)13(14)18/h7,9-11,16H,2-6,8H2,1H3,(H2,14,18). The lowest BCUT2D eigenvalue weighted by Crippen LogP contribution is -2.36. The van der Waals surface area contributed by atoms with E-state index < -0.39 is 0 Å². The molecule has 0 bridgehead atoms. The largest absolute Gasteiger partial charge is 0.369 e. The van der Waals surface area contributed by atoms with E-state index in [1.54, 1.807) is 0 Å².